The van der Waals surface area contributed by atoms with Gasteiger partial charge in [-0.05, 0) is 37.8 Å². The molecular weight excluding hydrogens is 486 g/mol. The summed E-state index contributed by atoms with van der Waals surface area (Å²) in [5.74, 6) is -0.790. The highest BCUT2D eigenvalue weighted by molar-refractivity contribution is 9.10. The molecule has 1 aliphatic heterocycles. The molecule has 1 aromatic heterocycles. The van der Waals surface area contributed by atoms with Gasteiger partial charge >= 0.3 is 0 Å². The van der Waals surface area contributed by atoms with Crippen molar-refractivity contribution in [3.05, 3.63) is 51.8 Å². The molecule has 1 fully saturated rings. The Bertz CT molecular complexity index is 1060. The van der Waals surface area contributed by atoms with E-state index in [1.54, 1.807) is 11.8 Å². The molecule has 1 saturated carbocycles. The normalized spacial score (nSPS) is 20.6. The predicted molar refractivity (Wildman–Crippen MR) is 128 cm³/mol. The van der Waals surface area contributed by atoms with E-state index in [9.17, 15) is 14.4 Å². The van der Waals surface area contributed by atoms with Gasteiger partial charge in [-0.15, -0.1) is 0 Å². The molecule has 0 radical (unpaired) electrons. The number of amides is 3. The fourth-order valence-electron chi connectivity index (χ4n) is 4.64. The van der Waals surface area contributed by atoms with E-state index in [0.717, 1.165) is 42.1 Å². The van der Waals surface area contributed by atoms with Gasteiger partial charge in [0.05, 0.1) is 6.54 Å². The van der Waals surface area contributed by atoms with E-state index in [1.807, 2.05) is 31.2 Å². The molecule has 1 unspecified atom stereocenters. The van der Waals surface area contributed by atoms with Crippen molar-refractivity contribution in [1.82, 2.24) is 25.3 Å². The molecule has 0 saturated heterocycles. The van der Waals surface area contributed by atoms with Crippen molar-refractivity contribution in [1.29, 1.82) is 0 Å². The molecule has 176 valence electrons. The maximum absolute atomic E-state index is 13.4. The van der Waals surface area contributed by atoms with Crippen LogP contribution in [0.1, 0.15) is 72.5 Å². The van der Waals surface area contributed by atoms with Gasteiger partial charge in [0, 0.05) is 29.7 Å². The molecule has 2 aliphatic rings. The van der Waals surface area contributed by atoms with Crippen LogP contribution in [0.4, 0.5) is 0 Å². The highest BCUT2D eigenvalue weighted by atomic mass is 79.9. The third-order valence-electron chi connectivity index (χ3n) is 6.55. The van der Waals surface area contributed by atoms with Crippen LogP contribution in [-0.4, -0.2) is 50.5 Å². The number of carbonyl (C=O) groups excluding carboxylic acids is 3. The fraction of sp³-hybridized carbons (Fsp3) is 0.500. The Morgan fingerprint density at radius 1 is 1.24 bits per heavy atom. The van der Waals surface area contributed by atoms with Gasteiger partial charge in [-0.25, -0.2) is 0 Å². The van der Waals surface area contributed by atoms with Gasteiger partial charge in [-0.1, -0.05) is 53.9 Å². The Labute approximate surface area is 202 Å². The quantitative estimate of drug-likeness (QED) is 0.591. The monoisotopic (exact) mass is 515 g/mol. The first-order valence-electron chi connectivity index (χ1n) is 11.6. The van der Waals surface area contributed by atoms with Crippen LogP contribution in [0.3, 0.4) is 0 Å². The highest BCUT2D eigenvalue weighted by Gasteiger charge is 2.48. The molecule has 1 aliphatic carbocycles. The summed E-state index contributed by atoms with van der Waals surface area (Å²) >= 11 is 3.48. The Balaban J connectivity index is 1.54. The highest BCUT2D eigenvalue weighted by Crippen LogP contribution is 2.29. The van der Waals surface area contributed by atoms with E-state index < -0.39 is 5.54 Å². The van der Waals surface area contributed by atoms with Crippen LogP contribution < -0.4 is 10.6 Å². The minimum atomic E-state index is -1.06. The Kier molecular flexibility index (Phi) is 6.88. The predicted octanol–water partition coefficient (Wildman–Crippen LogP) is 3.26. The maximum Gasteiger partial charge on any atom is 0.273 e. The van der Waals surface area contributed by atoms with Crippen molar-refractivity contribution in [2.24, 2.45) is 0 Å². The molecule has 2 heterocycles. The Morgan fingerprint density at radius 3 is 2.67 bits per heavy atom. The Hall–Kier alpha value is -2.68. The van der Waals surface area contributed by atoms with Crippen molar-refractivity contribution in [3.8, 4) is 0 Å². The van der Waals surface area contributed by atoms with Gasteiger partial charge in [0.1, 0.15) is 11.2 Å². The van der Waals surface area contributed by atoms with Crippen molar-refractivity contribution >= 4 is 33.7 Å². The molecule has 3 amide bonds. The lowest BCUT2D eigenvalue weighted by atomic mass is 9.94. The van der Waals surface area contributed by atoms with Crippen LogP contribution in [0.2, 0.25) is 0 Å². The van der Waals surface area contributed by atoms with E-state index >= 15 is 0 Å². The van der Waals surface area contributed by atoms with Crippen molar-refractivity contribution in [2.45, 2.75) is 70.6 Å². The second kappa shape index (κ2) is 9.67. The van der Waals surface area contributed by atoms with Gasteiger partial charge in [-0.2, -0.15) is 5.10 Å². The number of benzene rings is 1. The van der Waals surface area contributed by atoms with Gasteiger partial charge in [0.15, 0.2) is 5.69 Å². The molecular formula is C24H30BrN5O3. The summed E-state index contributed by atoms with van der Waals surface area (Å²) in [6, 6.07) is 9.32. The average Bonchev–Trinajstić information content (AvgIpc) is 3.46. The summed E-state index contributed by atoms with van der Waals surface area (Å²) < 4.78 is 2.42. The summed E-state index contributed by atoms with van der Waals surface area (Å²) in [4.78, 5) is 41.1. The molecule has 2 N–H and O–H groups in total. The third-order valence-corrected chi connectivity index (χ3v) is 7.33. The number of hydrogen-bond acceptors (Lipinski definition) is 4. The third kappa shape index (κ3) is 4.69. The molecule has 4 rings (SSSR count). The first kappa shape index (κ1) is 23.5. The van der Waals surface area contributed by atoms with E-state index in [0.29, 0.717) is 18.8 Å². The molecule has 0 spiro atoms. The topological polar surface area (TPSA) is 96.3 Å². The molecule has 0 bridgehead atoms. The molecule has 2 aromatic rings. The summed E-state index contributed by atoms with van der Waals surface area (Å²) in [6.45, 7) is 4.78. The van der Waals surface area contributed by atoms with Crippen molar-refractivity contribution in [2.75, 3.05) is 6.54 Å². The van der Waals surface area contributed by atoms with E-state index in [-0.39, 0.29) is 36.0 Å². The van der Waals surface area contributed by atoms with E-state index in [4.69, 9.17) is 0 Å². The molecule has 8 nitrogen and oxygen atoms in total. The smallest absolute Gasteiger partial charge is 0.273 e. The van der Waals surface area contributed by atoms with Crippen LogP contribution in [0.5, 0.6) is 0 Å². The number of aromatic nitrogens is 2. The van der Waals surface area contributed by atoms with Crippen LogP contribution in [0.15, 0.2) is 34.8 Å². The Morgan fingerprint density at radius 2 is 1.97 bits per heavy atom. The zero-order chi connectivity index (χ0) is 23.6. The number of fused-ring (bicyclic) bond motifs is 1. The lowest BCUT2D eigenvalue weighted by Crippen LogP contribution is -2.65. The van der Waals surface area contributed by atoms with Crippen LogP contribution in [0, 0.1) is 0 Å². The maximum atomic E-state index is 13.4. The summed E-state index contributed by atoms with van der Waals surface area (Å²) in [7, 11) is 0. The molecule has 33 heavy (non-hydrogen) atoms. The zero-order valence-electron chi connectivity index (χ0n) is 19.1. The number of carbonyl (C=O) groups is 3. The lowest BCUT2D eigenvalue weighted by Gasteiger charge is -2.43. The molecule has 9 heteroatoms. The van der Waals surface area contributed by atoms with Crippen LogP contribution >= 0.6 is 15.9 Å². The number of halogens is 1. The summed E-state index contributed by atoms with van der Waals surface area (Å²) in [5.41, 5.74) is 0.385. The van der Waals surface area contributed by atoms with Crippen molar-refractivity contribution < 1.29 is 14.4 Å². The standard InChI is InChI=1S/C24H30BrN5O3/c1-3-12-29-22(32)20-13-19(21(31)26-14-16-8-4-7-11-18(16)25)28-30(20)15-24(29,2)23(33)27-17-9-5-6-10-17/h4,7-8,11,13,17H,3,5-6,9-10,12,14-15H2,1-2H3,(H,26,31)(H,27,33). The van der Waals surface area contributed by atoms with Gasteiger partial charge < -0.3 is 15.5 Å². The van der Waals surface area contributed by atoms with Gasteiger partial charge in [0.2, 0.25) is 5.91 Å². The number of nitrogens with one attached hydrogen (secondary N) is 2. The van der Waals surface area contributed by atoms with Crippen molar-refractivity contribution in [3.63, 3.8) is 0 Å². The summed E-state index contributed by atoms with van der Waals surface area (Å²) in [6.07, 6.45) is 4.89. The average molecular weight is 516 g/mol. The number of rotatable bonds is 7. The first-order chi connectivity index (χ1) is 15.8. The lowest BCUT2D eigenvalue weighted by molar-refractivity contribution is -0.133. The first-order valence-corrected chi connectivity index (χ1v) is 12.3. The number of hydrogen-bond donors (Lipinski definition) is 2. The molecule has 1 aromatic carbocycles. The minimum Gasteiger partial charge on any atom is -0.351 e. The minimum absolute atomic E-state index is 0.155. The number of nitrogens with zero attached hydrogens (tertiary/aromatic N) is 3. The largest absolute Gasteiger partial charge is 0.351 e. The van der Waals surface area contributed by atoms with E-state index in [1.165, 1.54) is 10.7 Å². The SMILES string of the molecule is CCCN1C(=O)c2cc(C(=O)NCc3ccccc3Br)nn2CC1(C)C(=O)NC1CCCC1. The fourth-order valence-corrected chi connectivity index (χ4v) is 5.07. The summed E-state index contributed by atoms with van der Waals surface area (Å²) in [5, 5.41) is 10.4. The van der Waals surface area contributed by atoms with E-state index in [2.05, 4.69) is 31.7 Å². The van der Waals surface area contributed by atoms with Crippen LogP contribution in [0.25, 0.3) is 0 Å². The van der Waals surface area contributed by atoms with Gasteiger partial charge in [0.25, 0.3) is 11.8 Å². The van der Waals surface area contributed by atoms with Crippen LogP contribution in [-0.2, 0) is 17.9 Å². The molecule has 1 atom stereocenters. The second-order valence-electron chi connectivity index (χ2n) is 9.03. The zero-order valence-corrected chi connectivity index (χ0v) is 20.7. The van der Waals surface area contributed by atoms with Gasteiger partial charge in [-0.3, -0.25) is 19.1 Å². The second-order valence-corrected chi connectivity index (χ2v) is 9.89.